The van der Waals surface area contributed by atoms with Gasteiger partial charge in [0.05, 0.1) is 10.9 Å². The minimum atomic E-state index is -0.141. The Hall–Kier alpha value is -2.60. The van der Waals surface area contributed by atoms with Gasteiger partial charge >= 0.3 is 0 Å². The maximum Gasteiger partial charge on any atom is 0.262 e. The summed E-state index contributed by atoms with van der Waals surface area (Å²) in [4.78, 5) is 30.6. The molecule has 0 aliphatic heterocycles. The van der Waals surface area contributed by atoms with Gasteiger partial charge in [-0.3, -0.25) is 14.2 Å². The van der Waals surface area contributed by atoms with Gasteiger partial charge in [-0.2, -0.15) is 0 Å². The van der Waals surface area contributed by atoms with Crippen LogP contribution in [0.4, 0.5) is 0 Å². The highest BCUT2D eigenvalue weighted by Crippen LogP contribution is 2.24. The van der Waals surface area contributed by atoms with Gasteiger partial charge in [0.2, 0.25) is 0 Å². The molecule has 3 aromatic rings. The molecule has 2 aromatic carbocycles. The van der Waals surface area contributed by atoms with E-state index < -0.39 is 0 Å². The Morgan fingerprint density at radius 3 is 2.55 bits per heavy atom. The lowest BCUT2D eigenvalue weighted by molar-refractivity contribution is 0.0949. The Morgan fingerprint density at radius 2 is 1.87 bits per heavy atom. The molecule has 1 aromatic heterocycles. The average Bonchev–Trinajstić information content (AvgIpc) is 2.72. The van der Waals surface area contributed by atoms with Gasteiger partial charge < -0.3 is 5.32 Å². The third kappa shape index (κ3) is 5.97. The molecule has 0 saturated carbocycles. The summed E-state index contributed by atoms with van der Waals surface area (Å²) in [6, 6.07) is 13.5. The van der Waals surface area contributed by atoms with Crippen LogP contribution < -0.4 is 10.9 Å². The molecule has 6 heteroatoms. The lowest BCUT2D eigenvalue weighted by Crippen LogP contribution is -2.28. The zero-order chi connectivity index (χ0) is 22.5. The molecule has 0 spiro atoms. The summed E-state index contributed by atoms with van der Waals surface area (Å²) in [6.07, 6.45) is 0. The molecule has 0 bridgehead atoms. The first kappa shape index (κ1) is 23.1. The summed E-state index contributed by atoms with van der Waals surface area (Å²) >= 11 is 1.56. The van der Waals surface area contributed by atoms with Crippen molar-refractivity contribution in [3.8, 4) is 0 Å². The standard InChI is InChI=1S/C25H31N3O2S/c1-16(2)13-26-23(29)20-9-10-21-22(12-20)27-25(28(24(21)30)14-17(3)4)31-15-19-8-6-7-18(5)11-19/h6-12,16-17H,13-15H2,1-5H3,(H,26,29). The Bertz CT molecular complexity index is 1140. The van der Waals surface area contributed by atoms with E-state index in [4.69, 9.17) is 4.98 Å². The van der Waals surface area contributed by atoms with E-state index in [0.717, 1.165) is 5.75 Å². The molecule has 31 heavy (non-hydrogen) atoms. The number of hydrogen-bond donors (Lipinski definition) is 1. The van der Waals surface area contributed by atoms with E-state index in [-0.39, 0.29) is 11.5 Å². The van der Waals surface area contributed by atoms with Crippen molar-refractivity contribution in [1.82, 2.24) is 14.9 Å². The summed E-state index contributed by atoms with van der Waals surface area (Å²) in [5.74, 6) is 1.27. The Balaban J connectivity index is 1.98. The molecule has 0 unspecified atom stereocenters. The molecule has 0 atom stereocenters. The van der Waals surface area contributed by atoms with Gasteiger partial charge in [-0.1, -0.05) is 69.3 Å². The van der Waals surface area contributed by atoms with Crippen LogP contribution in [0, 0.1) is 18.8 Å². The topological polar surface area (TPSA) is 64.0 Å². The van der Waals surface area contributed by atoms with Crippen molar-refractivity contribution in [3.63, 3.8) is 0 Å². The lowest BCUT2D eigenvalue weighted by Gasteiger charge is -2.15. The van der Waals surface area contributed by atoms with Crippen molar-refractivity contribution in [3.05, 3.63) is 69.5 Å². The van der Waals surface area contributed by atoms with Gasteiger partial charge in [-0.05, 0) is 42.5 Å². The molecule has 1 amide bonds. The summed E-state index contributed by atoms with van der Waals surface area (Å²) in [7, 11) is 0. The van der Waals surface area contributed by atoms with E-state index in [2.05, 4.69) is 58.1 Å². The first-order chi connectivity index (χ1) is 14.7. The number of rotatable bonds is 8. The van der Waals surface area contributed by atoms with Crippen LogP contribution in [0.5, 0.6) is 0 Å². The van der Waals surface area contributed by atoms with Gasteiger partial charge in [-0.25, -0.2) is 4.98 Å². The normalized spacial score (nSPS) is 11.5. The van der Waals surface area contributed by atoms with Crippen LogP contribution in [0.1, 0.15) is 49.2 Å². The quantitative estimate of drug-likeness (QED) is 0.396. The molecule has 0 aliphatic rings. The van der Waals surface area contributed by atoms with Crippen molar-refractivity contribution in [2.75, 3.05) is 6.54 Å². The zero-order valence-corrected chi connectivity index (χ0v) is 19.8. The van der Waals surface area contributed by atoms with Crippen molar-refractivity contribution < 1.29 is 4.79 Å². The Kier molecular flexibility index (Phi) is 7.55. The molecule has 1 N–H and O–H groups in total. The number of nitrogens with one attached hydrogen (secondary N) is 1. The first-order valence-corrected chi connectivity index (χ1v) is 11.7. The first-order valence-electron chi connectivity index (χ1n) is 10.8. The highest BCUT2D eigenvalue weighted by atomic mass is 32.2. The highest BCUT2D eigenvalue weighted by Gasteiger charge is 2.15. The van der Waals surface area contributed by atoms with E-state index in [1.54, 1.807) is 34.5 Å². The second kappa shape index (κ2) is 10.1. The molecule has 0 radical (unpaired) electrons. The number of thioether (sulfide) groups is 1. The molecule has 0 saturated heterocycles. The molecule has 0 fully saturated rings. The summed E-state index contributed by atoms with van der Waals surface area (Å²) < 4.78 is 1.77. The number of carbonyl (C=O) groups is 1. The van der Waals surface area contributed by atoms with Gasteiger partial charge in [-0.15, -0.1) is 0 Å². The number of benzene rings is 2. The lowest BCUT2D eigenvalue weighted by atomic mass is 10.1. The van der Waals surface area contributed by atoms with Crippen LogP contribution in [-0.4, -0.2) is 22.0 Å². The van der Waals surface area contributed by atoms with Crippen LogP contribution in [-0.2, 0) is 12.3 Å². The summed E-state index contributed by atoms with van der Waals surface area (Å²) in [5.41, 5.74) is 3.43. The molecule has 3 rings (SSSR count). The molecular weight excluding hydrogens is 406 g/mol. The van der Waals surface area contributed by atoms with Crippen LogP contribution in [0.15, 0.2) is 52.4 Å². The number of amides is 1. The van der Waals surface area contributed by atoms with Crippen LogP contribution in [0.25, 0.3) is 10.9 Å². The second-order valence-electron chi connectivity index (χ2n) is 8.82. The second-order valence-corrected chi connectivity index (χ2v) is 9.76. The van der Waals surface area contributed by atoms with Gasteiger partial charge in [0.25, 0.3) is 11.5 Å². The largest absolute Gasteiger partial charge is 0.352 e. The van der Waals surface area contributed by atoms with Crippen molar-refractivity contribution in [1.29, 1.82) is 0 Å². The SMILES string of the molecule is Cc1cccc(CSc2nc3cc(C(=O)NCC(C)C)ccc3c(=O)n2CC(C)C)c1. The summed E-state index contributed by atoms with van der Waals surface area (Å²) in [6.45, 7) is 11.6. The molecule has 1 heterocycles. The maximum absolute atomic E-state index is 13.3. The zero-order valence-electron chi connectivity index (χ0n) is 18.9. The van der Waals surface area contributed by atoms with Crippen molar-refractivity contribution in [2.45, 2.75) is 52.1 Å². The van der Waals surface area contributed by atoms with E-state index in [0.29, 0.717) is 46.5 Å². The smallest absolute Gasteiger partial charge is 0.262 e. The van der Waals surface area contributed by atoms with Gasteiger partial charge in [0, 0.05) is 24.4 Å². The Labute approximate surface area is 188 Å². The monoisotopic (exact) mass is 437 g/mol. The number of nitrogens with zero attached hydrogens (tertiary/aromatic N) is 2. The Morgan fingerprint density at radius 1 is 1.10 bits per heavy atom. The highest BCUT2D eigenvalue weighted by molar-refractivity contribution is 7.98. The fraction of sp³-hybridized carbons (Fsp3) is 0.400. The van der Waals surface area contributed by atoms with E-state index in [1.165, 1.54) is 11.1 Å². The molecular formula is C25H31N3O2S. The number of carbonyl (C=O) groups excluding carboxylic acids is 1. The van der Waals surface area contributed by atoms with E-state index in [1.807, 2.05) is 6.07 Å². The fourth-order valence-corrected chi connectivity index (χ4v) is 4.28. The van der Waals surface area contributed by atoms with Gasteiger partial charge in [0.1, 0.15) is 0 Å². The number of hydrogen-bond acceptors (Lipinski definition) is 4. The van der Waals surface area contributed by atoms with E-state index >= 15 is 0 Å². The third-order valence-electron chi connectivity index (χ3n) is 4.85. The average molecular weight is 438 g/mol. The van der Waals surface area contributed by atoms with Crippen LogP contribution >= 0.6 is 11.8 Å². The number of fused-ring (bicyclic) bond motifs is 1. The third-order valence-corrected chi connectivity index (χ3v) is 5.90. The van der Waals surface area contributed by atoms with Crippen LogP contribution in [0.3, 0.4) is 0 Å². The molecule has 5 nitrogen and oxygen atoms in total. The predicted octanol–water partition coefficient (Wildman–Crippen LogP) is 5.04. The minimum absolute atomic E-state index is 0.0559. The molecule has 164 valence electrons. The predicted molar refractivity (Wildman–Crippen MR) is 129 cm³/mol. The van der Waals surface area contributed by atoms with Crippen molar-refractivity contribution >= 4 is 28.6 Å². The molecule has 0 aliphatic carbocycles. The van der Waals surface area contributed by atoms with Crippen LogP contribution in [0.2, 0.25) is 0 Å². The maximum atomic E-state index is 13.3. The minimum Gasteiger partial charge on any atom is -0.352 e. The van der Waals surface area contributed by atoms with Gasteiger partial charge in [0.15, 0.2) is 5.16 Å². The van der Waals surface area contributed by atoms with E-state index in [9.17, 15) is 9.59 Å². The fourth-order valence-electron chi connectivity index (χ4n) is 3.33. The summed E-state index contributed by atoms with van der Waals surface area (Å²) in [5, 5.41) is 4.16. The number of aryl methyl sites for hydroxylation is 1. The van der Waals surface area contributed by atoms with Crippen molar-refractivity contribution in [2.24, 2.45) is 11.8 Å². The number of aromatic nitrogens is 2.